The van der Waals surface area contributed by atoms with Gasteiger partial charge in [0, 0.05) is 39.6 Å². The second-order valence-electron chi connectivity index (χ2n) is 8.18. The average molecular weight is 384 g/mol. The molecule has 2 amide bonds. The van der Waals surface area contributed by atoms with Crippen molar-refractivity contribution in [2.75, 3.05) is 39.3 Å². The predicted octanol–water partition coefficient (Wildman–Crippen LogP) is 1.67. The summed E-state index contributed by atoms with van der Waals surface area (Å²) in [4.78, 5) is 32.3. The summed E-state index contributed by atoms with van der Waals surface area (Å²) in [6.07, 6.45) is -0.420. The Bertz CT molecular complexity index is 520. The Balaban J connectivity index is 2.72. The normalized spacial score (nSPS) is 17.0. The molecule has 27 heavy (non-hydrogen) atoms. The molecule has 1 aliphatic rings. The third-order valence-electron chi connectivity index (χ3n) is 4.30. The molecule has 1 unspecified atom stereocenters. The summed E-state index contributed by atoms with van der Waals surface area (Å²) >= 11 is 0. The van der Waals surface area contributed by atoms with Crippen LogP contribution in [0.4, 0.5) is 4.79 Å². The van der Waals surface area contributed by atoms with E-state index in [4.69, 9.17) is 9.73 Å². The van der Waals surface area contributed by atoms with Crippen LogP contribution in [-0.2, 0) is 9.53 Å². The Morgan fingerprint density at radius 1 is 1.11 bits per heavy atom. The first-order valence-corrected chi connectivity index (χ1v) is 9.81. The van der Waals surface area contributed by atoms with Crippen molar-refractivity contribution >= 4 is 18.0 Å². The monoisotopic (exact) mass is 383 g/mol. The zero-order valence-corrected chi connectivity index (χ0v) is 18.0. The molecule has 0 aromatic rings. The first-order valence-electron chi connectivity index (χ1n) is 9.81. The van der Waals surface area contributed by atoms with Gasteiger partial charge in [-0.05, 0) is 33.6 Å². The Morgan fingerprint density at radius 3 is 2.11 bits per heavy atom. The molecular formula is C19H37N5O3. The summed E-state index contributed by atoms with van der Waals surface area (Å²) < 4.78 is 5.36. The molecule has 1 saturated heterocycles. The van der Waals surface area contributed by atoms with Gasteiger partial charge in [0.05, 0.1) is 12.6 Å². The number of carbonyl (C=O) groups is 2. The van der Waals surface area contributed by atoms with Crippen molar-refractivity contribution in [2.24, 2.45) is 10.9 Å². The summed E-state index contributed by atoms with van der Waals surface area (Å²) in [5.74, 6) is 1.15. The summed E-state index contributed by atoms with van der Waals surface area (Å²) in [6, 6.07) is -0.119. The van der Waals surface area contributed by atoms with Crippen LogP contribution in [0.1, 0.15) is 48.5 Å². The van der Waals surface area contributed by atoms with Crippen molar-refractivity contribution in [2.45, 2.75) is 60.1 Å². The van der Waals surface area contributed by atoms with E-state index < -0.39 is 11.7 Å². The van der Waals surface area contributed by atoms with Crippen LogP contribution < -0.4 is 10.6 Å². The number of guanidine groups is 1. The molecule has 0 aromatic heterocycles. The number of nitrogens with one attached hydrogen (secondary N) is 2. The zero-order valence-electron chi connectivity index (χ0n) is 18.0. The van der Waals surface area contributed by atoms with Crippen LogP contribution in [0.15, 0.2) is 4.99 Å². The zero-order chi connectivity index (χ0) is 20.6. The highest BCUT2D eigenvalue weighted by atomic mass is 16.6. The van der Waals surface area contributed by atoms with Crippen LogP contribution in [0.5, 0.6) is 0 Å². The van der Waals surface area contributed by atoms with Crippen LogP contribution in [-0.4, -0.2) is 78.7 Å². The van der Waals surface area contributed by atoms with Gasteiger partial charge in [-0.15, -0.1) is 0 Å². The van der Waals surface area contributed by atoms with Crippen LogP contribution in [0.3, 0.4) is 0 Å². The fourth-order valence-electron chi connectivity index (χ4n) is 2.73. The summed E-state index contributed by atoms with van der Waals surface area (Å²) in [5, 5.41) is 6.24. The molecule has 0 radical (unpaired) electrons. The van der Waals surface area contributed by atoms with Crippen molar-refractivity contribution in [3.63, 3.8) is 0 Å². The van der Waals surface area contributed by atoms with Gasteiger partial charge in [-0.1, -0.05) is 13.8 Å². The number of hydrogen-bond acceptors (Lipinski definition) is 4. The fraction of sp³-hybridized carbons (Fsp3) is 0.842. The lowest BCUT2D eigenvalue weighted by atomic mass is 10.1. The van der Waals surface area contributed by atoms with Gasteiger partial charge < -0.3 is 25.2 Å². The molecule has 1 aliphatic heterocycles. The molecule has 8 nitrogen and oxygen atoms in total. The SMILES string of the molecule is CCNC(=NCC(NC(=O)OC(C)(C)C)C(C)C)N1CCN(C(C)=O)CC1. The van der Waals surface area contributed by atoms with E-state index in [0.717, 1.165) is 25.6 Å². The minimum Gasteiger partial charge on any atom is -0.444 e. The third kappa shape index (κ3) is 8.49. The molecule has 1 atom stereocenters. The maximum absolute atomic E-state index is 12.1. The molecule has 0 saturated carbocycles. The largest absolute Gasteiger partial charge is 0.444 e. The predicted molar refractivity (Wildman–Crippen MR) is 108 cm³/mol. The lowest BCUT2D eigenvalue weighted by Crippen LogP contribution is -2.53. The van der Waals surface area contributed by atoms with Crippen LogP contribution in [0.25, 0.3) is 0 Å². The summed E-state index contributed by atoms with van der Waals surface area (Å²) in [5.41, 5.74) is -0.528. The van der Waals surface area contributed by atoms with E-state index in [9.17, 15) is 9.59 Å². The Labute approximate surface area is 163 Å². The Kier molecular flexibility index (Phi) is 8.85. The fourth-order valence-corrected chi connectivity index (χ4v) is 2.73. The molecule has 156 valence electrons. The number of carbonyl (C=O) groups excluding carboxylic acids is 2. The van der Waals surface area contributed by atoms with Crippen molar-refractivity contribution in [1.29, 1.82) is 0 Å². The lowest BCUT2D eigenvalue weighted by Gasteiger charge is -2.36. The second kappa shape index (κ2) is 10.4. The topological polar surface area (TPSA) is 86.3 Å². The van der Waals surface area contributed by atoms with Gasteiger partial charge >= 0.3 is 6.09 Å². The molecule has 2 N–H and O–H groups in total. The van der Waals surface area contributed by atoms with Gasteiger partial charge in [-0.25, -0.2) is 4.79 Å². The number of aliphatic imine (C=N–C) groups is 1. The highest BCUT2D eigenvalue weighted by Gasteiger charge is 2.23. The molecule has 0 aliphatic carbocycles. The van der Waals surface area contributed by atoms with Gasteiger partial charge in [0.15, 0.2) is 5.96 Å². The summed E-state index contributed by atoms with van der Waals surface area (Å²) in [6.45, 7) is 17.4. The maximum Gasteiger partial charge on any atom is 0.407 e. The second-order valence-corrected chi connectivity index (χ2v) is 8.18. The van der Waals surface area contributed by atoms with Gasteiger partial charge in [-0.2, -0.15) is 0 Å². The molecule has 0 aromatic carbocycles. The lowest BCUT2D eigenvalue weighted by molar-refractivity contribution is -0.130. The van der Waals surface area contributed by atoms with E-state index in [1.165, 1.54) is 0 Å². The first kappa shape index (κ1) is 23.0. The number of amides is 2. The van der Waals surface area contributed by atoms with Crippen molar-refractivity contribution in [3.8, 4) is 0 Å². The van der Waals surface area contributed by atoms with Crippen LogP contribution >= 0.6 is 0 Å². The number of piperazine rings is 1. The minimum atomic E-state index is -0.528. The molecule has 0 bridgehead atoms. The van der Waals surface area contributed by atoms with E-state index in [2.05, 4.69) is 29.4 Å². The number of alkyl carbamates (subject to hydrolysis) is 1. The van der Waals surface area contributed by atoms with E-state index in [0.29, 0.717) is 19.6 Å². The van der Waals surface area contributed by atoms with E-state index in [-0.39, 0.29) is 17.9 Å². The Morgan fingerprint density at radius 2 is 1.67 bits per heavy atom. The standard InChI is InChI=1S/C19H37N5O3/c1-8-20-17(24-11-9-23(10-12-24)15(4)25)21-13-16(14(2)3)22-18(26)27-19(5,6)7/h14,16H,8-13H2,1-7H3,(H,20,21)(H,22,26). The van der Waals surface area contributed by atoms with Crippen molar-refractivity contribution < 1.29 is 14.3 Å². The molecule has 1 heterocycles. The highest BCUT2D eigenvalue weighted by Crippen LogP contribution is 2.09. The van der Waals surface area contributed by atoms with Gasteiger partial charge in [-0.3, -0.25) is 9.79 Å². The maximum atomic E-state index is 12.1. The van der Waals surface area contributed by atoms with Crippen LogP contribution in [0, 0.1) is 5.92 Å². The van der Waals surface area contributed by atoms with Crippen LogP contribution in [0.2, 0.25) is 0 Å². The quantitative estimate of drug-likeness (QED) is 0.557. The summed E-state index contributed by atoms with van der Waals surface area (Å²) in [7, 11) is 0. The number of hydrogen-bond donors (Lipinski definition) is 2. The number of ether oxygens (including phenoxy) is 1. The minimum absolute atomic E-state index is 0.109. The Hall–Kier alpha value is -1.99. The number of rotatable bonds is 5. The number of nitrogens with zero attached hydrogens (tertiary/aromatic N) is 3. The molecule has 8 heteroatoms. The third-order valence-corrected chi connectivity index (χ3v) is 4.30. The van der Waals surface area contributed by atoms with Crippen molar-refractivity contribution in [3.05, 3.63) is 0 Å². The van der Waals surface area contributed by atoms with E-state index >= 15 is 0 Å². The average Bonchev–Trinajstić information content (AvgIpc) is 2.55. The molecule has 1 fully saturated rings. The molecule has 1 rings (SSSR count). The highest BCUT2D eigenvalue weighted by molar-refractivity contribution is 5.80. The first-order chi connectivity index (χ1) is 12.5. The molecular weight excluding hydrogens is 346 g/mol. The van der Waals surface area contributed by atoms with E-state index in [1.807, 2.05) is 32.6 Å². The smallest absolute Gasteiger partial charge is 0.407 e. The van der Waals surface area contributed by atoms with Gasteiger partial charge in [0.25, 0.3) is 0 Å². The van der Waals surface area contributed by atoms with E-state index in [1.54, 1.807) is 6.92 Å². The van der Waals surface area contributed by atoms with Gasteiger partial charge in [0.2, 0.25) is 5.91 Å². The van der Waals surface area contributed by atoms with Crippen molar-refractivity contribution in [1.82, 2.24) is 20.4 Å². The molecule has 0 spiro atoms. The van der Waals surface area contributed by atoms with Gasteiger partial charge in [0.1, 0.15) is 5.60 Å².